The van der Waals surface area contributed by atoms with E-state index in [4.69, 9.17) is 0 Å². The van der Waals surface area contributed by atoms with E-state index in [1.54, 1.807) is 19.1 Å². The summed E-state index contributed by atoms with van der Waals surface area (Å²) in [5.41, 5.74) is 3.33. The zero-order valence-electron chi connectivity index (χ0n) is 22.7. The van der Waals surface area contributed by atoms with E-state index < -0.39 is 28.5 Å². The maximum absolute atomic E-state index is 13.6. The average Bonchev–Trinajstić information content (AvgIpc) is 2.80. The molecule has 0 bridgehead atoms. The van der Waals surface area contributed by atoms with Crippen LogP contribution < -0.4 is 9.62 Å². The molecule has 0 spiro atoms. The standard InChI is InChI=1S/C28H41N3O4S/c1-8-9-18-29-27(33)22(3)30(19-23-12-10-21(2)11-13-23)26(32)20-31(36(7,34)35)25-16-14-24(15-17-25)28(4,5)6/h10-17,22H,8-9,18-20H2,1-7H3,(H,29,33)/t22-/m0/s1. The average molecular weight is 516 g/mol. The number of hydrogen-bond donors (Lipinski definition) is 1. The lowest BCUT2D eigenvalue weighted by Crippen LogP contribution is -2.51. The fraction of sp³-hybridized carbons (Fsp3) is 0.500. The lowest BCUT2D eigenvalue weighted by Gasteiger charge is -2.31. The van der Waals surface area contributed by atoms with Crippen molar-refractivity contribution >= 4 is 27.5 Å². The first-order valence-electron chi connectivity index (χ1n) is 12.4. The Morgan fingerprint density at radius 1 is 1.00 bits per heavy atom. The number of nitrogens with one attached hydrogen (secondary N) is 1. The van der Waals surface area contributed by atoms with Gasteiger partial charge in [0.05, 0.1) is 11.9 Å². The van der Waals surface area contributed by atoms with Crippen molar-refractivity contribution in [3.8, 4) is 0 Å². The molecule has 7 nitrogen and oxygen atoms in total. The predicted molar refractivity (Wildman–Crippen MR) is 146 cm³/mol. The highest BCUT2D eigenvalue weighted by molar-refractivity contribution is 7.92. The van der Waals surface area contributed by atoms with E-state index in [9.17, 15) is 18.0 Å². The molecule has 2 rings (SSSR count). The molecule has 8 heteroatoms. The highest BCUT2D eigenvalue weighted by Gasteiger charge is 2.30. The van der Waals surface area contributed by atoms with Gasteiger partial charge in [-0.1, -0.05) is 76.1 Å². The van der Waals surface area contributed by atoms with Crippen LogP contribution in [0.15, 0.2) is 48.5 Å². The Morgan fingerprint density at radius 2 is 1.58 bits per heavy atom. The Labute approximate surface area is 216 Å². The molecule has 2 aromatic rings. The van der Waals surface area contributed by atoms with Gasteiger partial charge in [-0.2, -0.15) is 0 Å². The molecule has 0 saturated carbocycles. The van der Waals surface area contributed by atoms with Crippen LogP contribution in [0.3, 0.4) is 0 Å². The van der Waals surface area contributed by atoms with Crippen LogP contribution in [0.1, 0.15) is 64.2 Å². The van der Waals surface area contributed by atoms with Crippen LogP contribution in [0.5, 0.6) is 0 Å². The number of sulfonamides is 1. The molecule has 0 radical (unpaired) electrons. The van der Waals surface area contributed by atoms with Gasteiger partial charge in [0.1, 0.15) is 12.6 Å². The molecule has 36 heavy (non-hydrogen) atoms. The van der Waals surface area contributed by atoms with Crippen molar-refractivity contribution < 1.29 is 18.0 Å². The molecule has 2 aromatic carbocycles. The quantitative estimate of drug-likeness (QED) is 0.450. The van der Waals surface area contributed by atoms with Crippen molar-refractivity contribution in [3.63, 3.8) is 0 Å². The van der Waals surface area contributed by atoms with Gasteiger partial charge in [0.15, 0.2) is 0 Å². The minimum absolute atomic E-state index is 0.0876. The van der Waals surface area contributed by atoms with Crippen molar-refractivity contribution in [2.75, 3.05) is 23.7 Å². The fourth-order valence-electron chi connectivity index (χ4n) is 3.75. The predicted octanol–water partition coefficient (Wildman–Crippen LogP) is 4.39. The van der Waals surface area contributed by atoms with Crippen molar-refractivity contribution in [1.29, 1.82) is 0 Å². The van der Waals surface area contributed by atoms with Crippen LogP contribution in [-0.4, -0.2) is 50.5 Å². The first kappa shape index (κ1) is 29.4. The third-order valence-electron chi connectivity index (χ3n) is 6.17. The first-order chi connectivity index (χ1) is 16.7. The second-order valence-corrected chi connectivity index (χ2v) is 12.3. The minimum atomic E-state index is -3.75. The molecule has 1 atom stereocenters. The molecule has 0 unspecified atom stereocenters. The molecule has 198 valence electrons. The van der Waals surface area contributed by atoms with Crippen LogP contribution in [0.2, 0.25) is 0 Å². The number of carbonyl (C=O) groups is 2. The molecular weight excluding hydrogens is 474 g/mol. The van der Waals surface area contributed by atoms with E-state index in [1.807, 2.05) is 50.2 Å². The van der Waals surface area contributed by atoms with E-state index in [0.717, 1.165) is 40.1 Å². The van der Waals surface area contributed by atoms with Crippen molar-refractivity contribution in [3.05, 3.63) is 65.2 Å². The number of rotatable bonds is 11. The highest BCUT2D eigenvalue weighted by atomic mass is 32.2. The number of hydrogen-bond acceptors (Lipinski definition) is 4. The Kier molecular flexibility index (Phi) is 10.1. The van der Waals surface area contributed by atoms with Crippen LogP contribution in [0.4, 0.5) is 5.69 Å². The van der Waals surface area contributed by atoms with Gasteiger partial charge < -0.3 is 10.2 Å². The summed E-state index contributed by atoms with van der Waals surface area (Å²) < 4.78 is 26.5. The lowest BCUT2D eigenvalue weighted by atomic mass is 9.87. The molecule has 1 N–H and O–H groups in total. The van der Waals surface area contributed by atoms with Gasteiger partial charge in [0, 0.05) is 13.1 Å². The topological polar surface area (TPSA) is 86.8 Å². The fourth-order valence-corrected chi connectivity index (χ4v) is 4.60. The minimum Gasteiger partial charge on any atom is -0.354 e. The maximum atomic E-state index is 13.6. The van der Waals surface area contributed by atoms with Gasteiger partial charge in [-0.05, 0) is 48.9 Å². The van der Waals surface area contributed by atoms with Gasteiger partial charge in [0.25, 0.3) is 0 Å². The number of nitrogens with zero attached hydrogens (tertiary/aromatic N) is 2. The SMILES string of the molecule is CCCCNC(=O)[C@H](C)N(Cc1ccc(C)cc1)C(=O)CN(c1ccc(C(C)(C)C)cc1)S(C)(=O)=O. The smallest absolute Gasteiger partial charge is 0.244 e. The first-order valence-corrected chi connectivity index (χ1v) is 14.3. The molecule has 0 heterocycles. The molecule has 0 fully saturated rings. The monoisotopic (exact) mass is 515 g/mol. The number of aryl methyl sites for hydroxylation is 1. The summed E-state index contributed by atoms with van der Waals surface area (Å²) >= 11 is 0. The largest absolute Gasteiger partial charge is 0.354 e. The third kappa shape index (κ3) is 8.36. The summed E-state index contributed by atoms with van der Waals surface area (Å²) in [7, 11) is -3.75. The van der Waals surface area contributed by atoms with E-state index in [1.165, 1.54) is 4.90 Å². The lowest BCUT2D eigenvalue weighted by molar-refractivity contribution is -0.139. The summed E-state index contributed by atoms with van der Waals surface area (Å²) in [6.45, 7) is 12.3. The van der Waals surface area contributed by atoms with Crippen molar-refractivity contribution in [1.82, 2.24) is 10.2 Å². The molecule has 0 aromatic heterocycles. The number of benzene rings is 2. The highest BCUT2D eigenvalue weighted by Crippen LogP contribution is 2.26. The van der Waals surface area contributed by atoms with Gasteiger partial charge >= 0.3 is 0 Å². The van der Waals surface area contributed by atoms with Gasteiger partial charge in [-0.25, -0.2) is 8.42 Å². The van der Waals surface area contributed by atoms with Gasteiger partial charge in [-0.3, -0.25) is 13.9 Å². The van der Waals surface area contributed by atoms with Crippen LogP contribution >= 0.6 is 0 Å². The Balaban J connectivity index is 2.35. The number of unbranched alkanes of at least 4 members (excludes halogenated alkanes) is 1. The molecule has 0 aliphatic heterocycles. The normalized spacial score (nSPS) is 12.6. The second kappa shape index (κ2) is 12.4. The van der Waals surface area contributed by atoms with E-state index in [-0.39, 0.29) is 17.9 Å². The third-order valence-corrected chi connectivity index (χ3v) is 7.31. The zero-order valence-corrected chi connectivity index (χ0v) is 23.5. The number of amides is 2. The zero-order chi connectivity index (χ0) is 27.1. The van der Waals surface area contributed by atoms with E-state index in [2.05, 4.69) is 26.1 Å². The van der Waals surface area contributed by atoms with Gasteiger partial charge in [0.2, 0.25) is 21.8 Å². The summed E-state index contributed by atoms with van der Waals surface area (Å²) in [5, 5.41) is 2.88. The van der Waals surface area contributed by atoms with Crippen LogP contribution in [0.25, 0.3) is 0 Å². The number of carbonyl (C=O) groups excluding carboxylic acids is 2. The molecule has 0 aliphatic carbocycles. The van der Waals surface area contributed by atoms with Crippen LogP contribution in [0, 0.1) is 6.92 Å². The maximum Gasteiger partial charge on any atom is 0.244 e. The van der Waals surface area contributed by atoms with Crippen LogP contribution in [-0.2, 0) is 31.6 Å². The summed E-state index contributed by atoms with van der Waals surface area (Å²) in [6, 6.07) is 14.2. The molecular formula is C28H41N3O4S. The summed E-state index contributed by atoms with van der Waals surface area (Å²) in [4.78, 5) is 27.9. The summed E-state index contributed by atoms with van der Waals surface area (Å²) in [5.74, 6) is -0.705. The van der Waals surface area contributed by atoms with E-state index in [0.29, 0.717) is 12.2 Å². The van der Waals surface area contributed by atoms with Crippen molar-refractivity contribution in [2.24, 2.45) is 0 Å². The number of anilines is 1. The summed E-state index contributed by atoms with van der Waals surface area (Å²) in [6.07, 6.45) is 2.87. The Hall–Kier alpha value is -2.87. The molecule has 2 amide bonds. The van der Waals surface area contributed by atoms with E-state index >= 15 is 0 Å². The second-order valence-electron chi connectivity index (χ2n) is 10.4. The molecule has 0 aliphatic rings. The van der Waals surface area contributed by atoms with Crippen molar-refractivity contribution in [2.45, 2.75) is 72.4 Å². The Bertz CT molecular complexity index is 1120. The van der Waals surface area contributed by atoms with Gasteiger partial charge in [-0.15, -0.1) is 0 Å². The Morgan fingerprint density at radius 3 is 2.08 bits per heavy atom. The molecule has 0 saturated heterocycles.